The van der Waals surface area contributed by atoms with Crippen molar-refractivity contribution >= 4 is 11.6 Å². The van der Waals surface area contributed by atoms with Crippen molar-refractivity contribution in [3.63, 3.8) is 0 Å². The molecule has 2 aromatic rings. The van der Waals surface area contributed by atoms with E-state index in [4.69, 9.17) is 0 Å². The van der Waals surface area contributed by atoms with Gasteiger partial charge in [-0.25, -0.2) is 4.39 Å². The molecule has 0 fully saturated rings. The molecule has 0 bridgehead atoms. The molecule has 0 aliphatic heterocycles. The quantitative estimate of drug-likeness (QED) is 0.904. The first-order chi connectivity index (χ1) is 9.81. The van der Waals surface area contributed by atoms with Gasteiger partial charge in [-0.05, 0) is 49.1 Å². The van der Waals surface area contributed by atoms with Gasteiger partial charge in [-0.3, -0.25) is 4.79 Å². The minimum absolute atomic E-state index is 0.150. The number of nitrogens with one attached hydrogen (secondary N) is 1. The molecule has 0 saturated carbocycles. The number of hydrogen-bond acceptors (Lipinski definition) is 1. The van der Waals surface area contributed by atoms with Gasteiger partial charge in [0.1, 0.15) is 5.82 Å². The van der Waals surface area contributed by atoms with Crippen LogP contribution in [0.2, 0.25) is 0 Å². The number of carbonyl (C=O) groups excluding carboxylic acids is 1. The van der Waals surface area contributed by atoms with Crippen molar-refractivity contribution in [2.75, 3.05) is 5.32 Å². The highest BCUT2D eigenvalue weighted by atomic mass is 19.1. The summed E-state index contributed by atoms with van der Waals surface area (Å²) in [6.45, 7) is 7.73. The molecule has 1 heterocycles. The maximum absolute atomic E-state index is 13.3. The van der Waals surface area contributed by atoms with Gasteiger partial charge >= 0.3 is 0 Å². The molecule has 0 atom stereocenters. The Balaban J connectivity index is 2.34. The lowest BCUT2D eigenvalue weighted by molar-refractivity contribution is 0.102. The third-order valence-corrected chi connectivity index (χ3v) is 3.61. The summed E-state index contributed by atoms with van der Waals surface area (Å²) < 4.78 is 15.3. The van der Waals surface area contributed by atoms with Gasteiger partial charge in [0.2, 0.25) is 0 Å². The van der Waals surface area contributed by atoms with Crippen LogP contribution < -0.4 is 5.32 Å². The summed E-state index contributed by atoms with van der Waals surface area (Å²) in [6.07, 6.45) is 1.96. The Morgan fingerprint density at radius 3 is 2.48 bits per heavy atom. The lowest BCUT2D eigenvalue weighted by atomic mass is 10.0. The van der Waals surface area contributed by atoms with Crippen molar-refractivity contribution in [2.24, 2.45) is 7.05 Å². The van der Waals surface area contributed by atoms with E-state index in [1.165, 1.54) is 6.07 Å². The number of aryl methyl sites for hydroxylation is 3. The molecular formula is C17H21FN2O. The predicted molar refractivity (Wildman–Crippen MR) is 83.3 cm³/mol. The van der Waals surface area contributed by atoms with E-state index in [1.807, 2.05) is 24.7 Å². The van der Waals surface area contributed by atoms with E-state index < -0.39 is 0 Å². The Bertz CT molecular complexity index is 686. The molecule has 1 aromatic heterocycles. The molecule has 0 aliphatic carbocycles. The average Bonchev–Trinajstić information content (AvgIpc) is 2.69. The molecule has 0 radical (unpaired) electrons. The number of carbonyl (C=O) groups is 1. The molecule has 0 saturated heterocycles. The fourth-order valence-electron chi connectivity index (χ4n) is 2.71. The zero-order valence-corrected chi connectivity index (χ0v) is 13.1. The minimum atomic E-state index is -0.272. The highest BCUT2D eigenvalue weighted by molar-refractivity contribution is 6.06. The smallest absolute Gasteiger partial charge is 0.257 e. The number of anilines is 1. The summed E-state index contributed by atoms with van der Waals surface area (Å²) in [5, 5.41) is 2.86. The molecule has 1 amide bonds. The molecule has 21 heavy (non-hydrogen) atoms. The van der Waals surface area contributed by atoms with Gasteiger partial charge in [-0.2, -0.15) is 0 Å². The molecule has 4 heteroatoms. The minimum Gasteiger partial charge on any atom is -0.353 e. The van der Waals surface area contributed by atoms with Crippen LogP contribution in [-0.4, -0.2) is 10.5 Å². The van der Waals surface area contributed by atoms with Gasteiger partial charge < -0.3 is 9.88 Å². The molecule has 0 spiro atoms. The van der Waals surface area contributed by atoms with Gasteiger partial charge in [-0.15, -0.1) is 0 Å². The van der Waals surface area contributed by atoms with Crippen molar-refractivity contribution in [3.05, 3.63) is 52.6 Å². The number of nitrogens with zero attached hydrogens (tertiary/aromatic N) is 1. The fourth-order valence-corrected chi connectivity index (χ4v) is 2.71. The molecule has 2 rings (SSSR count). The van der Waals surface area contributed by atoms with Crippen LogP contribution in [0.4, 0.5) is 10.1 Å². The van der Waals surface area contributed by atoms with Crippen LogP contribution >= 0.6 is 0 Å². The second-order valence-corrected chi connectivity index (χ2v) is 5.76. The second kappa shape index (κ2) is 5.72. The molecule has 3 nitrogen and oxygen atoms in total. The van der Waals surface area contributed by atoms with Crippen molar-refractivity contribution in [1.82, 2.24) is 4.57 Å². The Hall–Kier alpha value is -2.10. The zero-order chi connectivity index (χ0) is 15.7. The van der Waals surface area contributed by atoms with Gasteiger partial charge in [0.25, 0.3) is 5.91 Å². The van der Waals surface area contributed by atoms with Crippen molar-refractivity contribution in [2.45, 2.75) is 33.6 Å². The summed E-state index contributed by atoms with van der Waals surface area (Å²) in [7, 11) is 1.95. The van der Waals surface area contributed by atoms with Crippen LogP contribution in [0.3, 0.4) is 0 Å². The summed E-state index contributed by atoms with van der Waals surface area (Å²) in [6, 6.07) is 4.58. The number of benzene rings is 1. The fraction of sp³-hybridized carbons (Fsp3) is 0.353. The number of halogens is 1. The lowest BCUT2D eigenvalue weighted by Crippen LogP contribution is -2.16. The zero-order valence-electron chi connectivity index (χ0n) is 13.1. The Kier molecular flexibility index (Phi) is 4.16. The monoisotopic (exact) mass is 288 g/mol. The van der Waals surface area contributed by atoms with Crippen LogP contribution in [-0.2, 0) is 7.05 Å². The van der Waals surface area contributed by atoms with E-state index in [9.17, 15) is 9.18 Å². The SMILES string of the molecule is Cc1cc(NC(=O)c2c(C)cn(C)c2C(C)C)ccc1F. The Morgan fingerprint density at radius 1 is 1.24 bits per heavy atom. The first-order valence-corrected chi connectivity index (χ1v) is 7.04. The number of aromatic nitrogens is 1. The van der Waals surface area contributed by atoms with Crippen molar-refractivity contribution < 1.29 is 9.18 Å². The maximum Gasteiger partial charge on any atom is 0.257 e. The van der Waals surface area contributed by atoms with E-state index in [0.717, 1.165) is 11.3 Å². The third-order valence-electron chi connectivity index (χ3n) is 3.61. The van der Waals surface area contributed by atoms with E-state index in [1.54, 1.807) is 19.1 Å². The summed E-state index contributed by atoms with van der Waals surface area (Å²) >= 11 is 0. The molecule has 1 N–H and O–H groups in total. The van der Waals surface area contributed by atoms with E-state index >= 15 is 0 Å². The Labute approximate surface area is 124 Å². The van der Waals surface area contributed by atoms with Crippen molar-refractivity contribution in [3.8, 4) is 0 Å². The summed E-state index contributed by atoms with van der Waals surface area (Å²) in [4.78, 5) is 12.6. The van der Waals surface area contributed by atoms with Gasteiger partial charge in [-0.1, -0.05) is 13.8 Å². The van der Waals surface area contributed by atoms with Crippen LogP contribution in [0.5, 0.6) is 0 Å². The standard InChI is InChI=1S/C17H21FN2O/c1-10(2)16-15(12(4)9-20(16)5)17(21)19-13-6-7-14(18)11(3)8-13/h6-10H,1-5H3,(H,19,21). The van der Waals surface area contributed by atoms with Crippen molar-refractivity contribution in [1.29, 1.82) is 0 Å². The third kappa shape index (κ3) is 2.99. The van der Waals surface area contributed by atoms with Gasteiger partial charge in [0.15, 0.2) is 0 Å². The lowest BCUT2D eigenvalue weighted by Gasteiger charge is -2.12. The molecule has 112 valence electrons. The molecular weight excluding hydrogens is 267 g/mol. The highest BCUT2D eigenvalue weighted by Gasteiger charge is 2.20. The van der Waals surface area contributed by atoms with Gasteiger partial charge in [0, 0.05) is 24.6 Å². The highest BCUT2D eigenvalue weighted by Crippen LogP contribution is 2.25. The second-order valence-electron chi connectivity index (χ2n) is 5.76. The number of rotatable bonds is 3. The van der Waals surface area contributed by atoms with Crippen LogP contribution in [0.1, 0.15) is 46.9 Å². The summed E-state index contributed by atoms with van der Waals surface area (Å²) in [5.74, 6) is -0.172. The number of amides is 1. The van der Waals surface area contributed by atoms with Crippen LogP contribution in [0, 0.1) is 19.7 Å². The largest absolute Gasteiger partial charge is 0.353 e. The first kappa shape index (κ1) is 15.3. The van der Waals surface area contributed by atoms with E-state index in [-0.39, 0.29) is 17.6 Å². The van der Waals surface area contributed by atoms with Crippen LogP contribution in [0.25, 0.3) is 0 Å². The normalized spacial score (nSPS) is 11.0. The van der Waals surface area contributed by atoms with E-state index in [2.05, 4.69) is 19.2 Å². The maximum atomic E-state index is 13.3. The van der Waals surface area contributed by atoms with Gasteiger partial charge in [0.05, 0.1) is 5.56 Å². The van der Waals surface area contributed by atoms with E-state index in [0.29, 0.717) is 16.8 Å². The first-order valence-electron chi connectivity index (χ1n) is 7.04. The summed E-state index contributed by atoms with van der Waals surface area (Å²) in [5.41, 5.74) is 3.77. The molecule has 0 aliphatic rings. The molecule has 1 aromatic carbocycles. The predicted octanol–water partition coefficient (Wildman–Crippen LogP) is 4.16. The number of hydrogen-bond donors (Lipinski definition) is 1. The van der Waals surface area contributed by atoms with Crippen LogP contribution in [0.15, 0.2) is 24.4 Å². The average molecular weight is 288 g/mol. The topological polar surface area (TPSA) is 34.0 Å². The molecule has 0 unspecified atom stereocenters. The Morgan fingerprint density at radius 2 is 1.90 bits per heavy atom.